The number of anilines is 1. The average Bonchev–Trinajstić information content (AvgIpc) is 3.21. The van der Waals surface area contributed by atoms with Crippen molar-refractivity contribution in [3.05, 3.63) is 42.0 Å². The fraction of sp³-hybridized carbons (Fsp3) is 0.444. The summed E-state index contributed by atoms with van der Waals surface area (Å²) in [5.74, 6) is 1.15. The Morgan fingerprint density at radius 3 is 2.43 bits per heavy atom. The van der Waals surface area contributed by atoms with Crippen LogP contribution in [0.25, 0.3) is 5.65 Å². The smallest absolute Gasteiger partial charge is 0.243 e. The van der Waals surface area contributed by atoms with Crippen molar-refractivity contribution < 1.29 is 8.42 Å². The minimum absolute atomic E-state index is 0.348. The summed E-state index contributed by atoms with van der Waals surface area (Å²) in [4.78, 5) is 2.39. The van der Waals surface area contributed by atoms with E-state index in [1.165, 1.54) is 8.94 Å². The quantitative estimate of drug-likeness (QED) is 0.640. The van der Waals surface area contributed by atoms with Crippen molar-refractivity contribution in [2.75, 3.05) is 31.1 Å². The highest BCUT2D eigenvalue weighted by atomic mass is 32.2. The summed E-state index contributed by atoms with van der Waals surface area (Å²) in [5, 5.41) is 15.6. The monoisotopic (exact) mass is 401 g/mol. The molecule has 10 heteroatoms. The Morgan fingerprint density at radius 2 is 1.75 bits per heavy atom. The maximum atomic E-state index is 13.0. The lowest BCUT2D eigenvalue weighted by atomic mass is 9.99. The standard InChI is InChI=1S/C18H23N7O2S/c1-3-14(2)15-4-6-16(7-5-15)28(26,27)24-12-10-23(11-13-24)18-9-8-17-19-21-22-25(17)20-18/h4-9,14H,3,10-13H2,1-2H3. The number of aromatic nitrogens is 5. The van der Waals surface area contributed by atoms with Gasteiger partial charge in [-0.25, -0.2) is 8.42 Å². The van der Waals surface area contributed by atoms with Crippen molar-refractivity contribution >= 4 is 21.5 Å². The molecule has 1 aliphatic heterocycles. The maximum Gasteiger partial charge on any atom is 0.243 e. The molecule has 0 aliphatic carbocycles. The number of benzene rings is 1. The normalized spacial score (nSPS) is 17.1. The molecule has 3 aromatic rings. The largest absolute Gasteiger partial charge is 0.352 e. The lowest BCUT2D eigenvalue weighted by molar-refractivity contribution is 0.383. The van der Waals surface area contributed by atoms with Crippen LogP contribution in [-0.2, 0) is 10.0 Å². The van der Waals surface area contributed by atoms with Gasteiger partial charge in [0.15, 0.2) is 11.5 Å². The number of fused-ring (bicyclic) bond motifs is 1. The highest BCUT2D eigenvalue weighted by Crippen LogP contribution is 2.23. The van der Waals surface area contributed by atoms with Gasteiger partial charge >= 0.3 is 0 Å². The third-order valence-corrected chi connectivity index (χ3v) is 7.23. The molecule has 0 bridgehead atoms. The first-order valence-electron chi connectivity index (χ1n) is 9.39. The van der Waals surface area contributed by atoms with Gasteiger partial charge < -0.3 is 4.90 Å². The van der Waals surface area contributed by atoms with Crippen molar-refractivity contribution in [1.29, 1.82) is 0 Å². The zero-order chi connectivity index (χ0) is 19.7. The van der Waals surface area contributed by atoms with E-state index in [9.17, 15) is 8.42 Å². The first-order chi connectivity index (χ1) is 13.5. The first-order valence-corrected chi connectivity index (χ1v) is 10.8. The molecule has 3 heterocycles. The number of hydrogen-bond donors (Lipinski definition) is 0. The summed E-state index contributed by atoms with van der Waals surface area (Å²) in [7, 11) is -3.49. The summed E-state index contributed by atoms with van der Waals surface area (Å²) in [6.07, 6.45) is 1.03. The summed E-state index contributed by atoms with van der Waals surface area (Å²) in [6, 6.07) is 10.9. The molecule has 4 rings (SSSR count). The third kappa shape index (κ3) is 3.45. The highest BCUT2D eigenvalue weighted by molar-refractivity contribution is 7.89. The molecule has 148 valence electrons. The summed E-state index contributed by atoms with van der Waals surface area (Å²) >= 11 is 0. The molecule has 1 atom stereocenters. The van der Waals surface area contributed by atoms with Gasteiger partial charge in [0.2, 0.25) is 10.0 Å². The van der Waals surface area contributed by atoms with Crippen LogP contribution in [0.3, 0.4) is 0 Å². The van der Waals surface area contributed by atoms with Crippen LogP contribution >= 0.6 is 0 Å². The lowest BCUT2D eigenvalue weighted by Gasteiger charge is -2.34. The van der Waals surface area contributed by atoms with Crippen LogP contribution in [0.4, 0.5) is 5.82 Å². The molecule has 0 N–H and O–H groups in total. The number of sulfonamides is 1. The second kappa shape index (κ2) is 7.44. The predicted octanol–water partition coefficient (Wildman–Crippen LogP) is 1.54. The van der Waals surface area contributed by atoms with Crippen LogP contribution in [0.5, 0.6) is 0 Å². The van der Waals surface area contributed by atoms with Crippen molar-refractivity contribution in [3.63, 3.8) is 0 Å². The van der Waals surface area contributed by atoms with E-state index in [1.54, 1.807) is 18.2 Å². The minimum atomic E-state index is -3.49. The molecule has 0 spiro atoms. The Balaban J connectivity index is 1.46. The van der Waals surface area contributed by atoms with Gasteiger partial charge in [0, 0.05) is 26.2 Å². The molecular weight excluding hydrogens is 378 g/mol. The molecule has 9 nitrogen and oxygen atoms in total. The molecule has 1 aromatic carbocycles. The number of rotatable bonds is 5. The van der Waals surface area contributed by atoms with Crippen LogP contribution in [-0.4, -0.2) is 64.2 Å². The average molecular weight is 401 g/mol. The zero-order valence-electron chi connectivity index (χ0n) is 15.9. The SMILES string of the molecule is CCC(C)c1ccc(S(=O)(=O)N2CCN(c3ccc4nnnn4n3)CC2)cc1. The molecular formula is C18H23N7O2S. The fourth-order valence-electron chi connectivity index (χ4n) is 3.32. The second-order valence-electron chi connectivity index (χ2n) is 6.99. The van der Waals surface area contributed by atoms with E-state index in [0.717, 1.165) is 17.8 Å². The third-order valence-electron chi connectivity index (χ3n) is 5.32. The number of hydrogen-bond acceptors (Lipinski definition) is 7. The Bertz CT molecular complexity index is 1060. The lowest BCUT2D eigenvalue weighted by Crippen LogP contribution is -2.49. The Kier molecular flexibility index (Phi) is 4.98. The van der Waals surface area contributed by atoms with Gasteiger partial charge in [-0.05, 0) is 52.6 Å². The number of tetrazole rings is 1. The summed E-state index contributed by atoms with van der Waals surface area (Å²) in [5.41, 5.74) is 1.74. The van der Waals surface area contributed by atoms with E-state index in [0.29, 0.717) is 42.6 Å². The van der Waals surface area contributed by atoms with Crippen LogP contribution in [0, 0.1) is 0 Å². The Morgan fingerprint density at radius 1 is 1.04 bits per heavy atom. The zero-order valence-corrected chi connectivity index (χ0v) is 16.7. The number of piperazine rings is 1. The van der Waals surface area contributed by atoms with E-state index in [2.05, 4.69) is 34.5 Å². The van der Waals surface area contributed by atoms with Crippen LogP contribution in [0.2, 0.25) is 0 Å². The fourth-order valence-corrected chi connectivity index (χ4v) is 4.74. The van der Waals surface area contributed by atoms with E-state index in [-0.39, 0.29) is 0 Å². The number of nitrogens with zero attached hydrogens (tertiary/aromatic N) is 7. The predicted molar refractivity (Wildman–Crippen MR) is 105 cm³/mol. The summed E-state index contributed by atoms with van der Waals surface area (Å²) in [6.45, 7) is 6.20. The van der Waals surface area contributed by atoms with Gasteiger partial charge in [-0.2, -0.15) is 4.31 Å². The van der Waals surface area contributed by atoms with Crippen LogP contribution < -0.4 is 4.90 Å². The molecule has 1 aliphatic rings. The molecule has 1 fully saturated rings. The van der Waals surface area contributed by atoms with Gasteiger partial charge in [0.05, 0.1) is 4.90 Å². The van der Waals surface area contributed by atoms with E-state index in [4.69, 9.17) is 0 Å². The summed E-state index contributed by atoms with van der Waals surface area (Å²) < 4.78 is 28.9. The molecule has 0 radical (unpaired) electrons. The molecule has 0 saturated carbocycles. The van der Waals surface area contributed by atoms with Crippen molar-refractivity contribution in [2.45, 2.75) is 31.1 Å². The molecule has 1 saturated heterocycles. The highest BCUT2D eigenvalue weighted by Gasteiger charge is 2.29. The van der Waals surface area contributed by atoms with Crippen molar-refractivity contribution in [2.24, 2.45) is 0 Å². The topological polar surface area (TPSA) is 96.6 Å². The van der Waals surface area contributed by atoms with Crippen LogP contribution in [0.15, 0.2) is 41.3 Å². The molecule has 1 unspecified atom stereocenters. The molecule has 2 aromatic heterocycles. The van der Waals surface area contributed by atoms with Gasteiger partial charge in [-0.1, -0.05) is 26.0 Å². The Labute approximate surface area is 164 Å². The minimum Gasteiger partial charge on any atom is -0.352 e. The van der Waals surface area contributed by atoms with E-state index < -0.39 is 10.0 Å². The van der Waals surface area contributed by atoms with Gasteiger partial charge in [-0.3, -0.25) is 0 Å². The van der Waals surface area contributed by atoms with Gasteiger partial charge in [-0.15, -0.1) is 14.8 Å². The first kappa shape index (κ1) is 18.8. The molecule has 28 heavy (non-hydrogen) atoms. The van der Waals surface area contributed by atoms with Crippen molar-refractivity contribution in [3.8, 4) is 0 Å². The van der Waals surface area contributed by atoms with Crippen LogP contribution in [0.1, 0.15) is 31.7 Å². The van der Waals surface area contributed by atoms with Gasteiger partial charge in [0.25, 0.3) is 0 Å². The van der Waals surface area contributed by atoms with Gasteiger partial charge in [0.1, 0.15) is 0 Å². The van der Waals surface area contributed by atoms with Crippen molar-refractivity contribution in [1.82, 2.24) is 29.6 Å². The second-order valence-corrected chi connectivity index (χ2v) is 8.93. The van der Waals surface area contributed by atoms with E-state index in [1.807, 2.05) is 23.1 Å². The Hall–Kier alpha value is -2.59. The maximum absolute atomic E-state index is 13.0. The van der Waals surface area contributed by atoms with E-state index >= 15 is 0 Å². The molecule has 0 amide bonds.